The van der Waals surface area contributed by atoms with Crippen molar-refractivity contribution < 1.29 is 0 Å². The SMILES string of the molecule is C\C=C/C=C(C)\C=N\N(CC)CC. The van der Waals surface area contributed by atoms with E-state index in [-0.39, 0.29) is 0 Å². The molecule has 0 saturated carbocycles. The van der Waals surface area contributed by atoms with Crippen molar-refractivity contribution in [2.75, 3.05) is 13.1 Å². The van der Waals surface area contributed by atoms with Crippen LogP contribution in [-0.4, -0.2) is 24.3 Å². The van der Waals surface area contributed by atoms with Gasteiger partial charge in [-0.1, -0.05) is 18.2 Å². The van der Waals surface area contributed by atoms with E-state index in [1.54, 1.807) is 0 Å². The monoisotopic (exact) mass is 180 g/mol. The molecule has 0 N–H and O–H groups in total. The van der Waals surface area contributed by atoms with Crippen LogP contribution in [0.3, 0.4) is 0 Å². The normalized spacial score (nSPS) is 13.1. The Labute approximate surface area is 81.6 Å². The van der Waals surface area contributed by atoms with Gasteiger partial charge in [0.1, 0.15) is 0 Å². The Morgan fingerprint density at radius 1 is 1.31 bits per heavy atom. The molecule has 0 aromatic heterocycles. The van der Waals surface area contributed by atoms with Gasteiger partial charge in [0.25, 0.3) is 0 Å². The van der Waals surface area contributed by atoms with Crippen LogP contribution in [0.2, 0.25) is 0 Å². The molecule has 0 aliphatic heterocycles. The molecule has 2 heteroatoms. The quantitative estimate of drug-likeness (QED) is 0.361. The lowest BCUT2D eigenvalue weighted by Crippen LogP contribution is -2.15. The molecular formula is C11H20N2. The van der Waals surface area contributed by atoms with Gasteiger partial charge >= 0.3 is 0 Å². The Kier molecular flexibility index (Phi) is 6.98. The Balaban J connectivity index is 4.08. The molecule has 0 rings (SSSR count). The number of hydrogen-bond donors (Lipinski definition) is 0. The molecule has 0 saturated heterocycles. The van der Waals surface area contributed by atoms with Crippen molar-refractivity contribution in [2.45, 2.75) is 27.7 Å². The fourth-order valence-electron chi connectivity index (χ4n) is 0.851. The average molecular weight is 180 g/mol. The van der Waals surface area contributed by atoms with Crippen LogP contribution in [0.15, 0.2) is 28.9 Å². The minimum Gasteiger partial charge on any atom is -0.298 e. The molecule has 2 nitrogen and oxygen atoms in total. The predicted octanol–water partition coefficient (Wildman–Crippen LogP) is 2.84. The van der Waals surface area contributed by atoms with Crippen molar-refractivity contribution in [1.29, 1.82) is 0 Å². The number of hydrogen-bond acceptors (Lipinski definition) is 2. The van der Waals surface area contributed by atoms with E-state index < -0.39 is 0 Å². The summed E-state index contributed by atoms with van der Waals surface area (Å²) in [6.45, 7) is 10.2. The third-order valence-corrected chi connectivity index (χ3v) is 1.71. The van der Waals surface area contributed by atoms with Gasteiger partial charge in [-0.05, 0) is 33.3 Å². The summed E-state index contributed by atoms with van der Waals surface area (Å²) in [5.41, 5.74) is 1.17. The van der Waals surface area contributed by atoms with Gasteiger partial charge in [0, 0.05) is 19.3 Å². The van der Waals surface area contributed by atoms with Gasteiger partial charge in [-0.3, -0.25) is 5.01 Å². The Morgan fingerprint density at radius 2 is 1.92 bits per heavy atom. The molecule has 0 atom stereocenters. The van der Waals surface area contributed by atoms with Crippen molar-refractivity contribution in [3.05, 3.63) is 23.8 Å². The number of hydrazone groups is 1. The van der Waals surface area contributed by atoms with Crippen LogP contribution in [0, 0.1) is 0 Å². The second-order valence-electron chi connectivity index (χ2n) is 2.82. The summed E-state index contributed by atoms with van der Waals surface area (Å²) in [5.74, 6) is 0. The summed E-state index contributed by atoms with van der Waals surface area (Å²) < 4.78 is 0. The molecule has 0 heterocycles. The first-order valence-corrected chi connectivity index (χ1v) is 4.83. The highest BCUT2D eigenvalue weighted by Gasteiger charge is 1.89. The summed E-state index contributed by atoms with van der Waals surface area (Å²) in [4.78, 5) is 0. The number of nitrogens with zero attached hydrogens (tertiary/aromatic N) is 2. The molecule has 13 heavy (non-hydrogen) atoms. The second kappa shape index (κ2) is 7.59. The molecule has 0 amide bonds. The summed E-state index contributed by atoms with van der Waals surface area (Å²) in [6.07, 6.45) is 7.97. The van der Waals surface area contributed by atoms with E-state index in [9.17, 15) is 0 Å². The van der Waals surface area contributed by atoms with Crippen LogP contribution in [0.1, 0.15) is 27.7 Å². The Bertz CT molecular complexity index is 198. The first kappa shape index (κ1) is 11.9. The van der Waals surface area contributed by atoms with E-state index in [1.165, 1.54) is 5.57 Å². The van der Waals surface area contributed by atoms with Crippen LogP contribution in [0.5, 0.6) is 0 Å². The molecule has 0 fully saturated rings. The molecular weight excluding hydrogens is 160 g/mol. The highest BCUT2D eigenvalue weighted by molar-refractivity contribution is 5.77. The maximum atomic E-state index is 4.32. The molecule has 0 aromatic carbocycles. The van der Waals surface area contributed by atoms with Gasteiger partial charge in [-0.2, -0.15) is 5.10 Å². The topological polar surface area (TPSA) is 15.6 Å². The van der Waals surface area contributed by atoms with Crippen LogP contribution < -0.4 is 0 Å². The lowest BCUT2D eigenvalue weighted by molar-refractivity contribution is 0.323. The smallest absolute Gasteiger partial charge is 0.0499 e. The van der Waals surface area contributed by atoms with Crippen LogP contribution in [-0.2, 0) is 0 Å². The summed E-state index contributed by atoms with van der Waals surface area (Å²) in [6, 6.07) is 0. The number of allylic oxidation sites excluding steroid dienone is 4. The molecule has 0 radical (unpaired) electrons. The maximum absolute atomic E-state index is 4.32. The van der Waals surface area contributed by atoms with Crippen molar-refractivity contribution in [3.8, 4) is 0 Å². The third-order valence-electron chi connectivity index (χ3n) is 1.71. The van der Waals surface area contributed by atoms with Crippen molar-refractivity contribution in [2.24, 2.45) is 5.10 Å². The van der Waals surface area contributed by atoms with Gasteiger partial charge in [-0.15, -0.1) is 0 Å². The first-order valence-electron chi connectivity index (χ1n) is 4.83. The van der Waals surface area contributed by atoms with Crippen molar-refractivity contribution >= 4 is 6.21 Å². The lowest BCUT2D eigenvalue weighted by atomic mass is 10.3. The predicted molar refractivity (Wildman–Crippen MR) is 60.0 cm³/mol. The average Bonchev–Trinajstić information content (AvgIpc) is 2.16. The van der Waals surface area contributed by atoms with E-state index >= 15 is 0 Å². The van der Waals surface area contributed by atoms with E-state index in [2.05, 4.69) is 18.9 Å². The van der Waals surface area contributed by atoms with Gasteiger partial charge in [0.05, 0.1) is 0 Å². The largest absolute Gasteiger partial charge is 0.298 e. The second-order valence-corrected chi connectivity index (χ2v) is 2.82. The van der Waals surface area contributed by atoms with E-state index in [0.29, 0.717) is 0 Å². The van der Waals surface area contributed by atoms with Gasteiger partial charge in [0.2, 0.25) is 0 Å². The fourth-order valence-corrected chi connectivity index (χ4v) is 0.851. The maximum Gasteiger partial charge on any atom is 0.0499 e. The van der Waals surface area contributed by atoms with Crippen molar-refractivity contribution in [1.82, 2.24) is 5.01 Å². The Hall–Kier alpha value is -1.05. The summed E-state index contributed by atoms with van der Waals surface area (Å²) >= 11 is 0. The van der Waals surface area contributed by atoms with E-state index in [0.717, 1.165) is 13.1 Å². The van der Waals surface area contributed by atoms with E-state index in [1.807, 2.05) is 43.3 Å². The Morgan fingerprint density at radius 3 is 2.38 bits per heavy atom. The highest BCUT2D eigenvalue weighted by atomic mass is 15.4. The first-order chi connectivity index (χ1) is 6.24. The lowest BCUT2D eigenvalue weighted by Gasteiger charge is -2.12. The third kappa shape index (κ3) is 6.14. The molecule has 0 bridgehead atoms. The summed E-state index contributed by atoms with van der Waals surface area (Å²) in [5, 5.41) is 6.34. The van der Waals surface area contributed by atoms with Gasteiger partial charge in [0.15, 0.2) is 0 Å². The molecule has 74 valence electrons. The molecule has 0 spiro atoms. The molecule has 0 aliphatic rings. The van der Waals surface area contributed by atoms with Crippen molar-refractivity contribution in [3.63, 3.8) is 0 Å². The van der Waals surface area contributed by atoms with Gasteiger partial charge in [-0.25, -0.2) is 0 Å². The molecule has 0 unspecified atom stereocenters. The standard InChI is InChI=1S/C11H20N2/c1-5-8-9-11(4)10-12-13(6-2)7-3/h5,8-10H,6-7H2,1-4H3/b8-5-,11-9-,12-10+. The zero-order valence-electron chi connectivity index (χ0n) is 9.12. The minimum absolute atomic E-state index is 0.962. The van der Waals surface area contributed by atoms with Crippen LogP contribution >= 0.6 is 0 Å². The van der Waals surface area contributed by atoms with E-state index in [4.69, 9.17) is 0 Å². The minimum atomic E-state index is 0.962. The highest BCUT2D eigenvalue weighted by Crippen LogP contribution is 1.92. The zero-order chi connectivity index (χ0) is 10.1. The molecule has 0 aliphatic carbocycles. The molecule has 0 aromatic rings. The van der Waals surface area contributed by atoms with Gasteiger partial charge < -0.3 is 0 Å². The summed E-state index contributed by atoms with van der Waals surface area (Å²) in [7, 11) is 0. The van der Waals surface area contributed by atoms with Crippen LogP contribution in [0.4, 0.5) is 0 Å². The fraction of sp³-hybridized carbons (Fsp3) is 0.545. The van der Waals surface area contributed by atoms with Crippen LogP contribution in [0.25, 0.3) is 0 Å². The number of rotatable bonds is 5. The zero-order valence-corrected chi connectivity index (χ0v) is 9.12.